The molecule has 44 heavy (non-hydrogen) atoms. The van der Waals surface area contributed by atoms with Crippen molar-refractivity contribution in [3.05, 3.63) is 155 Å². The molecule has 1 N–H and O–H groups in total. The zero-order valence-electron chi connectivity index (χ0n) is 25.3. The van der Waals surface area contributed by atoms with Crippen LogP contribution >= 0.6 is 0 Å². The van der Waals surface area contributed by atoms with Crippen molar-refractivity contribution in [3.63, 3.8) is 0 Å². The van der Waals surface area contributed by atoms with Gasteiger partial charge in [-0.25, -0.2) is 4.68 Å². The van der Waals surface area contributed by atoms with Crippen molar-refractivity contribution in [1.82, 2.24) is 15.1 Å². The molecule has 0 spiro atoms. The largest absolute Gasteiger partial charge is 0.325 e. The highest BCUT2D eigenvalue weighted by molar-refractivity contribution is 5.97. The molecule has 1 amide bonds. The minimum Gasteiger partial charge on any atom is -0.325 e. The minimum absolute atomic E-state index is 0.0852. The summed E-state index contributed by atoms with van der Waals surface area (Å²) in [5.41, 5.74) is 5.67. The Morgan fingerprint density at radius 3 is 1.93 bits per heavy atom. The van der Waals surface area contributed by atoms with Crippen LogP contribution in [0.4, 0.5) is 0 Å². The van der Waals surface area contributed by atoms with E-state index in [4.69, 9.17) is 5.10 Å². The van der Waals surface area contributed by atoms with E-state index in [0.717, 1.165) is 45.0 Å². The standard InChI is InChI=1S/C38H36N4O2/c1-27(2)22-37(44)40-33(25-39-4)23-28(3)29-20-21-36-34(24-29)35(26-43)41-42(36)38(30-14-8-5-9-15-30,31-16-10-6-11-17-31)32-18-12-7-13-19-32/h5-21,23-27H,4,22H2,1-3H3,(H,40,44)/b28-23+,33-25+. The number of fused-ring (bicyclic) bond motifs is 1. The van der Waals surface area contributed by atoms with E-state index in [-0.39, 0.29) is 11.8 Å². The van der Waals surface area contributed by atoms with Gasteiger partial charge in [0.05, 0.1) is 11.2 Å². The minimum atomic E-state index is -0.859. The van der Waals surface area contributed by atoms with E-state index in [1.165, 1.54) is 6.20 Å². The van der Waals surface area contributed by atoms with E-state index < -0.39 is 5.54 Å². The fourth-order valence-corrected chi connectivity index (χ4v) is 5.74. The molecule has 6 heteroatoms. The van der Waals surface area contributed by atoms with Crippen molar-refractivity contribution in [2.75, 3.05) is 0 Å². The number of carbonyl (C=O) groups excluding carboxylic acids is 2. The first-order valence-electron chi connectivity index (χ1n) is 14.7. The van der Waals surface area contributed by atoms with Crippen LogP contribution in [0.25, 0.3) is 16.5 Å². The number of aromatic nitrogens is 2. The molecule has 0 bridgehead atoms. The van der Waals surface area contributed by atoms with Gasteiger partial charge in [0, 0.05) is 18.0 Å². The van der Waals surface area contributed by atoms with Gasteiger partial charge in [-0.1, -0.05) is 111 Å². The summed E-state index contributed by atoms with van der Waals surface area (Å²) in [4.78, 5) is 28.9. The van der Waals surface area contributed by atoms with Crippen LogP contribution in [0.1, 0.15) is 59.9 Å². The Balaban J connectivity index is 1.72. The monoisotopic (exact) mass is 580 g/mol. The highest BCUT2D eigenvalue weighted by Crippen LogP contribution is 2.42. The van der Waals surface area contributed by atoms with Crippen molar-refractivity contribution >= 4 is 35.4 Å². The van der Waals surface area contributed by atoms with Crippen LogP contribution in [0.2, 0.25) is 0 Å². The first-order chi connectivity index (χ1) is 21.4. The van der Waals surface area contributed by atoms with Gasteiger partial charge >= 0.3 is 0 Å². The molecule has 0 fully saturated rings. The van der Waals surface area contributed by atoms with Crippen molar-refractivity contribution in [3.8, 4) is 0 Å². The Kier molecular flexibility index (Phi) is 9.10. The van der Waals surface area contributed by atoms with E-state index in [9.17, 15) is 9.59 Å². The Hall–Kier alpha value is -5.36. The van der Waals surface area contributed by atoms with Crippen LogP contribution in [0, 0.1) is 5.92 Å². The molecule has 0 aliphatic carbocycles. The Morgan fingerprint density at radius 1 is 0.909 bits per heavy atom. The van der Waals surface area contributed by atoms with Crippen LogP contribution in [0.3, 0.4) is 0 Å². The Morgan fingerprint density at radius 2 is 1.45 bits per heavy atom. The molecule has 5 aromatic rings. The lowest BCUT2D eigenvalue weighted by Crippen LogP contribution is -2.38. The van der Waals surface area contributed by atoms with E-state index in [1.807, 2.05) is 104 Å². The number of hydrogen-bond donors (Lipinski definition) is 1. The predicted molar refractivity (Wildman–Crippen MR) is 179 cm³/mol. The quantitative estimate of drug-likeness (QED) is 0.0750. The number of carbonyl (C=O) groups is 2. The van der Waals surface area contributed by atoms with Crippen LogP contribution in [0.15, 0.2) is 132 Å². The van der Waals surface area contributed by atoms with E-state index in [2.05, 4.69) is 53.4 Å². The molecule has 1 heterocycles. The first-order valence-corrected chi connectivity index (χ1v) is 14.7. The molecular formula is C38H36N4O2. The van der Waals surface area contributed by atoms with Gasteiger partial charge in [-0.05, 0) is 65.6 Å². The fraction of sp³-hybridized carbons (Fsp3) is 0.158. The molecule has 220 valence electrons. The third-order valence-corrected chi connectivity index (χ3v) is 7.65. The van der Waals surface area contributed by atoms with Crippen LogP contribution < -0.4 is 5.32 Å². The summed E-state index contributed by atoms with van der Waals surface area (Å²) in [5, 5.41) is 8.66. The van der Waals surface area contributed by atoms with Gasteiger partial charge in [0.25, 0.3) is 0 Å². The lowest BCUT2D eigenvalue weighted by molar-refractivity contribution is -0.121. The molecule has 0 atom stereocenters. The highest BCUT2D eigenvalue weighted by Gasteiger charge is 2.40. The maximum absolute atomic E-state index is 12.6. The van der Waals surface area contributed by atoms with Gasteiger partial charge in [0.2, 0.25) is 5.91 Å². The lowest BCUT2D eigenvalue weighted by Gasteiger charge is -2.37. The van der Waals surface area contributed by atoms with Crippen molar-refractivity contribution < 1.29 is 9.59 Å². The average Bonchev–Trinajstić information content (AvgIpc) is 3.41. The van der Waals surface area contributed by atoms with Gasteiger partial charge in [-0.15, -0.1) is 0 Å². The lowest BCUT2D eigenvalue weighted by atomic mass is 9.77. The number of benzene rings is 4. The second-order valence-corrected chi connectivity index (χ2v) is 11.2. The number of hydrogen-bond acceptors (Lipinski definition) is 4. The number of amides is 1. The smallest absolute Gasteiger partial charge is 0.224 e. The normalized spacial score (nSPS) is 12.4. The topological polar surface area (TPSA) is 76.3 Å². The molecule has 1 aromatic heterocycles. The van der Waals surface area contributed by atoms with Crippen LogP contribution in [0.5, 0.6) is 0 Å². The number of aldehydes is 1. The van der Waals surface area contributed by atoms with Gasteiger partial charge in [-0.3, -0.25) is 14.6 Å². The molecule has 0 saturated carbocycles. The molecule has 0 aliphatic rings. The number of allylic oxidation sites excluding steroid dienone is 2. The van der Waals surface area contributed by atoms with Gasteiger partial charge in [-0.2, -0.15) is 5.10 Å². The van der Waals surface area contributed by atoms with Gasteiger partial charge in [0.15, 0.2) is 6.29 Å². The molecule has 5 rings (SSSR count). The van der Waals surface area contributed by atoms with E-state index in [1.54, 1.807) is 0 Å². The maximum Gasteiger partial charge on any atom is 0.224 e. The first kappa shape index (κ1) is 30.1. The zero-order chi connectivity index (χ0) is 31.1. The highest BCUT2D eigenvalue weighted by atomic mass is 16.1. The summed E-state index contributed by atoms with van der Waals surface area (Å²) in [6.07, 6.45) is 4.61. The second kappa shape index (κ2) is 13.3. The number of aliphatic imine (C=N–C) groups is 1. The molecule has 6 nitrogen and oxygen atoms in total. The van der Waals surface area contributed by atoms with Gasteiger partial charge in [0.1, 0.15) is 11.2 Å². The summed E-state index contributed by atoms with van der Waals surface area (Å²) in [7, 11) is 0. The summed E-state index contributed by atoms with van der Waals surface area (Å²) in [6, 6.07) is 36.8. The van der Waals surface area contributed by atoms with Crippen LogP contribution in [-0.4, -0.2) is 28.7 Å². The number of nitrogens with zero attached hydrogens (tertiary/aromatic N) is 3. The molecular weight excluding hydrogens is 544 g/mol. The second-order valence-electron chi connectivity index (χ2n) is 11.2. The number of nitrogens with one attached hydrogen (secondary N) is 1. The zero-order valence-corrected chi connectivity index (χ0v) is 25.3. The van der Waals surface area contributed by atoms with Crippen molar-refractivity contribution in [2.24, 2.45) is 10.9 Å². The molecule has 0 aliphatic heterocycles. The average molecular weight is 581 g/mol. The molecule has 4 aromatic carbocycles. The predicted octanol–water partition coefficient (Wildman–Crippen LogP) is 7.80. The summed E-state index contributed by atoms with van der Waals surface area (Å²) >= 11 is 0. The van der Waals surface area contributed by atoms with E-state index in [0.29, 0.717) is 17.8 Å². The summed E-state index contributed by atoms with van der Waals surface area (Å²) < 4.78 is 1.98. The molecule has 0 radical (unpaired) electrons. The maximum atomic E-state index is 12.6. The number of rotatable bonds is 11. The molecule has 0 saturated heterocycles. The van der Waals surface area contributed by atoms with E-state index >= 15 is 0 Å². The van der Waals surface area contributed by atoms with Gasteiger partial charge < -0.3 is 5.32 Å². The third-order valence-electron chi connectivity index (χ3n) is 7.65. The Bertz CT molecular complexity index is 1740. The Labute approximate surface area is 258 Å². The SMILES string of the molecule is C=N/C=C(\C=C(/C)c1ccc2c(c1)c(C=O)nn2C(c1ccccc1)(c1ccccc1)c1ccccc1)NC(=O)CC(C)C. The van der Waals surface area contributed by atoms with Crippen molar-refractivity contribution in [2.45, 2.75) is 32.7 Å². The van der Waals surface area contributed by atoms with Crippen LogP contribution in [-0.2, 0) is 10.3 Å². The molecule has 0 unspecified atom stereocenters. The summed E-state index contributed by atoms with van der Waals surface area (Å²) in [6.45, 7) is 9.51. The van der Waals surface area contributed by atoms with Crippen molar-refractivity contribution in [1.29, 1.82) is 0 Å². The third kappa shape index (κ3) is 5.92. The summed E-state index contributed by atoms with van der Waals surface area (Å²) in [5.74, 6) is 0.145. The fourth-order valence-electron chi connectivity index (χ4n) is 5.74.